The minimum atomic E-state index is -0.885. The lowest BCUT2D eigenvalue weighted by Crippen LogP contribution is -2.32. The zero-order valence-corrected chi connectivity index (χ0v) is 15.8. The lowest BCUT2D eigenvalue weighted by Gasteiger charge is -2.10. The summed E-state index contributed by atoms with van der Waals surface area (Å²) >= 11 is 5.97. The number of carbonyl (C=O) groups excluding carboxylic acids is 2. The number of rotatable bonds is 6. The molecule has 2 rings (SSSR count). The zero-order chi connectivity index (χ0) is 19.8. The number of carbonyl (C=O) groups is 2. The Kier molecular flexibility index (Phi) is 7.14. The Morgan fingerprint density at radius 2 is 1.89 bits per heavy atom. The maximum Gasteiger partial charge on any atom is 0.329 e. The Labute approximate surface area is 162 Å². The van der Waals surface area contributed by atoms with Crippen molar-refractivity contribution in [3.63, 3.8) is 0 Å². The Morgan fingerprint density at radius 3 is 2.56 bits per heavy atom. The van der Waals surface area contributed by atoms with E-state index in [1.807, 2.05) is 32.0 Å². The van der Waals surface area contributed by atoms with Crippen molar-refractivity contribution in [2.24, 2.45) is 5.10 Å². The summed E-state index contributed by atoms with van der Waals surface area (Å²) in [4.78, 5) is 24.0. The Balaban J connectivity index is 2.03. The molecule has 0 unspecified atom stereocenters. The molecular weight excluding hydrogens is 366 g/mol. The third kappa shape index (κ3) is 5.69. The number of hydrogen-bond donors (Lipinski definition) is 2. The van der Waals surface area contributed by atoms with E-state index in [-0.39, 0.29) is 0 Å². The molecule has 2 aromatic rings. The van der Waals surface area contributed by atoms with Gasteiger partial charge >= 0.3 is 11.8 Å². The molecule has 0 bridgehead atoms. The largest absolute Gasteiger partial charge is 0.489 e. The predicted molar refractivity (Wildman–Crippen MR) is 107 cm³/mol. The number of hydrogen-bond acceptors (Lipinski definition) is 4. The van der Waals surface area contributed by atoms with Crippen molar-refractivity contribution in [3.05, 3.63) is 70.8 Å². The minimum Gasteiger partial charge on any atom is -0.489 e. The van der Waals surface area contributed by atoms with Crippen molar-refractivity contribution in [3.8, 4) is 5.75 Å². The second-order valence-electron chi connectivity index (χ2n) is 5.70. The molecule has 0 radical (unpaired) electrons. The molecule has 0 aliphatic carbocycles. The van der Waals surface area contributed by atoms with E-state index in [0.29, 0.717) is 28.6 Å². The molecule has 0 saturated heterocycles. The summed E-state index contributed by atoms with van der Waals surface area (Å²) < 4.78 is 5.49. The van der Waals surface area contributed by atoms with Gasteiger partial charge in [0, 0.05) is 16.3 Å². The maximum absolute atomic E-state index is 12.1. The van der Waals surface area contributed by atoms with E-state index in [1.165, 1.54) is 6.21 Å². The molecule has 2 aromatic carbocycles. The number of benzene rings is 2. The van der Waals surface area contributed by atoms with Crippen LogP contribution in [0.2, 0.25) is 5.02 Å². The van der Waals surface area contributed by atoms with Gasteiger partial charge in [0.05, 0.1) is 6.21 Å². The van der Waals surface area contributed by atoms with Gasteiger partial charge in [0.2, 0.25) is 0 Å². The molecule has 0 spiro atoms. The number of para-hydroxylation sites is 1. The first kappa shape index (κ1) is 20.2. The number of aryl methyl sites for hydroxylation is 2. The van der Waals surface area contributed by atoms with Gasteiger partial charge in [0.15, 0.2) is 0 Å². The molecule has 0 aliphatic rings. The van der Waals surface area contributed by atoms with E-state index in [0.717, 1.165) is 11.1 Å². The van der Waals surface area contributed by atoms with Crippen molar-refractivity contribution in [2.75, 3.05) is 11.9 Å². The molecule has 2 amide bonds. The van der Waals surface area contributed by atoms with Crippen molar-refractivity contribution in [2.45, 2.75) is 13.8 Å². The van der Waals surface area contributed by atoms with Crippen LogP contribution in [-0.2, 0) is 9.59 Å². The summed E-state index contributed by atoms with van der Waals surface area (Å²) in [5.74, 6) is -1.17. The lowest BCUT2D eigenvalue weighted by molar-refractivity contribution is -0.136. The van der Waals surface area contributed by atoms with Gasteiger partial charge in [-0.25, -0.2) is 5.43 Å². The normalized spacial score (nSPS) is 10.5. The third-order valence-corrected chi connectivity index (χ3v) is 3.86. The average Bonchev–Trinajstić information content (AvgIpc) is 2.64. The SMILES string of the molecule is C=CCOc1ccc(Cl)cc1/C=N\NC(=O)C(=O)Nc1c(C)cccc1C. The van der Waals surface area contributed by atoms with Gasteiger partial charge in [0.1, 0.15) is 12.4 Å². The summed E-state index contributed by atoms with van der Waals surface area (Å²) in [6, 6.07) is 10.6. The van der Waals surface area contributed by atoms with Crippen LogP contribution in [0.3, 0.4) is 0 Å². The van der Waals surface area contributed by atoms with Gasteiger partial charge in [-0.1, -0.05) is 42.5 Å². The van der Waals surface area contributed by atoms with Crippen LogP contribution in [0.15, 0.2) is 54.2 Å². The summed E-state index contributed by atoms with van der Waals surface area (Å²) in [5, 5.41) is 6.89. The molecule has 0 saturated carbocycles. The standard InChI is InChI=1S/C20H20ClN3O3/c1-4-10-27-17-9-8-16(21)11-15(17)12-22-24-20(26)19(25)23-18-13(2)6-5-7-14(18)3/h4-9,11-12H,1,10H2,2-3H3,(H,23,25)(H,24,26)/b22-12-. The fourth-order valence-electron chi connectivity index (χ4n) is 2.29. The fourth-order valence-corrected chi connectivity index (χ4v) is 2.47. The predicted octanol–water partition coefficient (Wildman–Crippen LogP) is 3.61. The number of amides is 2. The first-order valence-corrected chi connectivity index (χ1v) is 8.54. The third-order valence-electron chi connectivity index (χ3n) is 3.62. The highest BCUT2D eigenvalue weighted by atomic mass is 35.5. The molecule has 0 heterocycles. The monoisotopic (exact) mass is 385 g/mol. The van der Waals surface area contributed by atoms with E-state index in [1.54, 1.807) is 24.3 Å². The summed E-state index contributed by atoms with van der Waals surface area (Å²) in [6.07, 6.45) is 2.96. The van der Waals surface area contributed by atoms with Gasteiger partial charge in [-0.3, -0.25) is 9.59 Å². The van der Waals surface area contributed by atoms with Gasteiger partial charge < -0.3 is 10.1 Å². The van der Waals surface area contributed by atoms with Crippen molar-refractivity contribution in [1.29, 1.82) is 0 Å². The molecule has 0 aliphatic heterocycles. The van der Waals surface area contributed by atoms with Crippen LogP contribution >= 0.6 is 11.6 Å². The van der Waals surface area contributed by atoms with E-state index in [9.17, 15) is 9.59 Å². The van der Waals surface area contributed by atoms with Crippen LogP contribution in [0.5, 0.6) is 5.75 Å². The number of ether oxygens (including phenoxy) is 1. The highest BCUT2D eigenvalue weighted by molar-refractivity contribution is 6.39. The first-order chi connectivity index (χ1) is 12.9. The number of nitrogens with one attached hydrogen (secondary N) is 2. The molecule has 27 heavy (non-hydrogen) atoms. The van der Waals surface area contributed by atoms with Crippen LogP contribution in [0.4, 0.5) is 5.69 Å². The molecule has 0 fully saturated rings. The van der Waals surface area contributed by atoms with Crippen molar-refractivity contribution < 1.29 is 14.3 Å². The van der Waals surface area contributed by atoms with E-state index in [4.69, 9.17) is 16.3 Å². The molecule has 7 heteroatoms. The first-order valence-electron chi connectivity index (χ1n) is 8.16. The van der Waals surface area contributed by atoms with E-state index >= 15 is 0 Å². The number of halogens is 1. The van der Waals surface area contributed by atoms with Gasteiger partial charge in [0.25, 0.3) is 0 Å². The zero-order valence-electron chi connectivity index (χ0n) is 15.1. The van der Waals surface area contributed by atoms with Crippen LogP contribution in [0.1, 0.15) is 16.7 Å². The molecule has 0 atom stereocenters. The number of anilines is 1. The van der Waals surface area contributed by atoms with Crippen LogP contribution in [-0.4, -0.2) is 24.6 Å². The Bertz CT molecular complexity index is 874. The summed E-state index contributed by atoms with van der Waals surface area (Å²) in [7, 11) is 0. The van der Waals surface area contributed by atoms with Crippen molar-refractivity contribution >= 4 is 35.3 Å². The molecule has 140 valence electrons. The topological polar surface area (TPSA) is 79.8 Å². The summed E-state index contributed by atoms with van der Waals surface area (Å²) in [6.45, 7) is 7.60. The lowest BCUT2D eigenvalue weighted by atomic mass is 10.1. The summed E-state index contributed by atoms with van der Waals surface area (Å²) in [5.41, 5.74) is 5.08. The van der Waals surface area contributed by atoms with Crippen molar-refractivity contribution in [1.82, 2.24) is 5.43 Å². The molecule has 2 N–H and O–H groups in total. The van der Waals surface area contributed by atoms with Gasteiger partial charge in [-0.05, 0) is 43.2 Å². The van der Waals surface area contributed by atoms with E-state index < -0.39 is 11.8 Å². The second-order valence-corrected chi connectivity index (χ2v) is 6.14. The smallest absolute Gasteiger partial charge is 0.329 e. The van der Waals surface area contributed by atoms with Gasteiger partial charge in [-0.2, -0.15) is 5.10 Å². The molecular formula is C20H20ClN3O3. The molecule has 6 nitrogen and oxygen atoms in total. The maximum atomic E-state index is 12.1. The Morgan fingerprint density at radius 1 is 1.19 bits per heavy atom. The van der Waals surface area contributed by atoms with E-state index in [2.05, 4.69) is 22.4 Å². The van der Waals surface area contributed by atoms with Crippen LogP contribution in [0, 0.1) is 13.8 Å². The molecule has 0 aromatic heterocycles. The highest BCUT2D eigenvalue weighted by Gasteiger charge is 2.15. The number of nitrogens with zero attached hydrogens (tertiary/aromatic N) is 1. The highest BCUT2D eigenvalue weighted by Crippen LogP contribution is 2.21. The number of hydrazone groups is 1. The fraction of sp³-hybridized carbons (Fsp3) is 0.150. The van der Waals surface area contributed by atoms with Gasteiger partial charge in [-0.15, -0.1) is 0 Å². The minimum absolute atomic E-state index is 0.313. The quantitative estimate of drug-likeness (QED) is 0.345. The van der Waals surface area contributed by atoms with Crippen LogP contribution in [0.25, 0.3) is 0 Å². The Hall–Kier alpha value is -3.12. The van der Waals surface area contributed by atoms with Crippen LogP contribution < -0.4 is 15.5 Å². The second kappa shape index (κ2) is 9.54. The average molecular weight is 386 g/mol.